The lowest BCUT2D eigenvalue weighted by Gasteiger charge is -2.06. The van der Waals surface area contributed by atoms with E-state index in [0.29, 0.717) is 18.1 Å². The molecule has 0 radical (unpaired) electrons. The minimum Gasteiger partial charge on any atom is -0.497 e. The van der Waals surface area contributed by atoms with Crippen molar-refractivity contribution in [1.82, 2.24) is 4.98 Å². The summed E-state index contributed by atoms with van der Waals surface area (Å²) in [7, 11) is 1.62. The van der Waals surface area contributed by atoms with E-state index in [0.717, 1.165) is 11.3 Å². The van der Waals surface area contributed by atoms with Crippen molar-refractivity contribution in [3.63, 3.8) is 0 Å². The van der Waals surface area contributed by atoms with Gasteiger partial charge in [0.15, 0.2) is 0 Å². The van der Waals surface area contributed by atoms with Gasteiger partial charge in [0.1, 0.15) is 17.5 Å². The van der Waals surface area contributed by atoms with Crippen LogP contribution in [0.3, 0.4) is 0 Å². The number of nitriles is 1. The molecule has 2 rings (SSSR count). The van der Waals surface area contributed by atoms with Gasteiger partial charge < -0.3 is 9.47 Å². The zero-order chi connectivity index (χ0) is 13.7. The van der Waals surface area contributed by atoms with Gasteiger partial charge in [0.25, 0.3) is 0 Å². The minimum absolute atomic E-state index is 0.240. The summed E-state index contributed by atoms with van der Waals surface area (Å²) in [4.78, 5) is 4.00. The molecule has 0 aliphatic heterocycles. The summed E-state index contributed by atoms with van der Waals surface area (Å²) >= 11 is 5.79. The molecule has 0 atom stereocenters. The summed E-state index contributed by atoms with van der Waals surface area (Å²) < 4.78 is 10.6. The van der Waals surface area contributed by atoms with Gasteiger partial charge in [-0.1, -0.05) is 23.7 Å². The van der Waals surface area contributed by atoms with Crippen LogP contribution in [-0.4, -0.2) is 12.1 Å². The third-order valence-electron chi connectivity index (χ3n) is 2.45. The Bertz CT molecular complexity index is 606. The molecular weight excluding hydrogens is 264 g/mol. The fraction of sp³-hybridized carbons (Fsp3) is 0.143. The molecule has 2 aromatic rings. The second-order valence-electron chi connectivity index (χ2n) is 3.77. The molecule has 0 saturated carbocycles. The van der Waals surface area contributed by atoms with Gasteiger partial charge in [0.2, 0.25) is 5.88 Å². The van der Waals surface area contributed by atoms with Crippen LogP contribution < -0.4 is 9.47 Å². The van der Waals surface area contributed by atoms with Crippen LogP contribution >= 0.6 is 11.6 Å². The van der Waals surface area contributed by atoms with Crippen molar-refractivity contribution in [3.05, 3.63) is 52.7 Å². The molecule has 4 nitrogen and oxygen atoms in total. The van der Waals surface area contributed by atoms with E-state index in [-0.39, 0.29) is 5.15 Å². The summed E-state index contributed by atoms with van der Waals surface area (Å²) in [5.74, 6) is 1.12. The van der Waals surface area contributed by atoms with Crippen molar-refractivity contribution in [1.29, 1.82) is 5.26 Å². The van der Waals surface area contributed by atoms with Gasteiger partial charge in [0, 0.05) is 6.07 Å². The second-order valence-corrected chi connectivity index (χ2v) is 4.15. The molecule has 0 saturated heterocycles. The predicted molar refractivity (Wildman–Crippen MR) is 71.3 cm³/mol. The third kappa shape index (κ3) is 3.60. The number of pyridine rings is 1. The third-order valence-corrected chi connectivity index (χ3v) is 2.64. The van der Waals surface area contributed by atoms with Crippen LogP contribution in [-0.2, 0) is 6.61 Å². The first-order valence-corrected chi connectivity index (χ1v) is 5.92. The van der Waals surface area contributed by atoms with E-state index in [4.69, 9.17) is 26.3 Å². The van der Waals surface area contributed by atoms with E-state index < -0.39 is 0 Å². The van der Waals surface area contributed by atoms with Gasteiger partial charge in [-0.25, -0.2) is 4.98 Å². The monoisotopic (exact) mass is 274 g/mol. The van der Waals surface area contributed by atoms with Crippen LogP contribution in [0.1, 0.15) is 11.1 Å². The van der Waals surface area contributed by atoms with Gasteiger partial charge in [-0.3, -0.25) is 0 Å². The second kappa shape index (κ2) is 6.07. The van der Waals surface area contributed by atoms with Crippen LogP contribution in [0.25, 0.3) is 0 Å². The fourth-order valence-corrected chi connectivity index (χ4v) is 1.69. The highest BCUT2D eigenvalue weighted by Crippen LogP contribution is 2.18. The van der Waals surface area contributed by atoms with E-state index in [1.165, 1.54) is 6.07 Å². The summed E-state index contributed by atoms with van der Waals surface area (Å²) in [5, 5.41) is 9.06. The number of nitrogens with zero attached hydrogens (tertiary/aromatic N) is 2. The molecule has 0 spiro atoms. The molecule has 1 heterocycles. The van der Waals surface area contributed by atoms with Crippen molar-refractivity contribution in [2.24, 2.45) is 0 Å². The van der Waals surface area contributed by atoms with Gasteiger partial charge in [-0.15, -0.1) is 0 Å². The van der Waals surface area contributed by atoms with Crippen molar-refractivity contribution in [3.8, 4) is 17.7 Å². The summed E-state index contributed by atoms with van der Waals surface area (Å²) in [6.45, 7) is 0.349. The molecule has 1 aromatic carbocycles. The normalized spacial score (nSPS) is 9.74. The maximum Gasteiger partial charge on any atom is 0.216 e. The van der Waals surface area contributed by atoms with Crippen LogP contribution in [0.5, 0.6) is 11.6 Å². The standard InChI is InChI=1S/C14H11ClN2O2/c1-18-12-4-2-10(3-5-12)9-19-14-7-11(8-16)6-13(15)17-14/h2-7H,9H2,1H3. The highest BCUT2D eigenvalue weighted by molar-refractivity contribution is 6.29. The fourth-order valence-electron chi connectivity index (χ4n) is 1.49. The molecule has 0 unspecified atom stereocenters. The molecule has 96 valence electrons. The Kier molecular flexibility index (Phi) is 4.22. The van der Waals surface area contributed by atoms with Crippen molar-refractivity contribution < 1.29 is 9.47 Å². The number of benzene rings is 1. The molecule has 0 amide bonds. The molecule has 0 fully saturated rings. The zero-order valence-corrected chi connectivity index (χ0v) is 11.0. The molecule has 0 aliphatic rings. The predicted octanol–water partition coefficient (Wildman–Crippen LogP) is 3.19. The average Bonchev–Trinajstić information content (AvgIpc) is 2.45. The molecular formula is C14H11ClN2O2. The Morgan fingerprint density at radius 2 is 2.00 bits per heavy atom. The van der Waals surface area contributed by atoms with Crippen LogP contribution in [0, 0.1) is 11.3 Å². The molecule has 0 bridgehead atoms. The lowest BCUT2D eigenvalue weighted by molar-refractivity contribution is 0.293. The topological polar surface area (TPSA) is 55.1 Å². The molecule has 19 heavy (non-hydrogen) atoms. The summed E-state index contributed by atoms with van der Waals surface area (Å²) in [5.41, 5.74) is 1.39. The number of hydrogen-bond acceptors (Lipinski definition) is 4. The smallest absolute Gasteiger partial charge is 0.216 e. The number of rotatable bonds is 4. The Balaban J connectivity index is 2.05. The largest absolute Gasteiger partial charge is 0.497 e. The maximum atomic E-state index is 8.82. The van der Waals surface area contributed by atoms with Crippen LogP contribution in [0.2, 0.25) is 5.15 Å². The SMILES string of the molecule is COc1ccc(COc2cc(C#N)cc(Cl)n2)cc1. The lowest BCUT2D eigenvalue weighted by atomic mass is 10.2. The lowest BCUT2D eigenvalue weighted by Crippen LogP contribution is -1.98. The average molecular weight is 275 g/mol. The zero-order valence-electron chi connectivity index (χ0n) is 10.3. The Hall–Kier alpha value is -2.25. The first kappa shape index (κ1) is 13.2. The van der Waals surface area contributed by atoms with E-state index >= 15 is 0 Å². The van der Waals surface area contributed by atoms with Crippen LogP contribution in [0.15, 0.2) is 36.4 Å². The van der Waals surface area contributed by atoms with E-state index in [1.807, 2.05) is 30.3 Å². The highest BCUT2D eigenvalue weighted by atomic mass is 35.5. The van der Waals surface area contributed by atoms with Crippen LogP contribution in [0.4, 0.5) is 0 Å². The number of methoxy groups -OCH3 is 1. The number of ether oxygens (including phenoxy) is 2. The van der Waals surface area contributed by atoms with Crippen molar-refractivity contribution in [2.75, 3.05) is 7.11 Å². The van der Waals surface area contributed by atoms with Crippen molar-refractivity contribution >= 4 is 11.6 Å². The molecule has 0 N–H and O–H groups in total. The Labute approximate surface area is 116 Å². The van der Waals surface area contributed by atoms with Gasteiger partial charge in [-0.2, -0.15) is 5.26 Å². The Morgan fingerprint density at radius 3 is 2.63 bits per heavy atom. The van der Waals surface area contributed by atoms with Gasteiger partial charge in [-0.05, 0) is 23.8 Å². The molecule has 1 aromatic heterocycles. The summed E-state index contributed by atoms with van der Waals surface area (Å²) in [6, 6.07) is 12.5. The highest BCUT2D eigenvalue weighted by Gasteiger charge is 2.03. The quantitative estimate of drug-likeness (QED) is 0.804. The van der Waals surface area contributed by atoms with E-state index in [9.17, 15) is 0 Å². The number of hydrogen-bond donors (Lipinski definition) is 0. The number of aromatic nitrogens is 1. The number of halogens is 1. The van der Waals surface area contributed by atoms with E-state index in [2.05, 4.69) is 4.98 Å². The van der Waals surface area contributed by atoms with Crippen molar-refractivity contribution in [2.45, 2.75) is 6.61 Å². The van der Waals surface area contributed by atoms with E-state index in [1.54, 1.807) is 13.2 Å². The van der Waals surface area contributed by atoms with Gasteiger partial charge in [0.05, 0.1) is 18.7 Å². The molecule has 0 aliphatic carbocycles. The Morgan fingerprint density at radius 1 is 1.26 bits per heavy atom. The molecule has 5 heteroatoms. The first-order chi connectivity index (χ1) is 9.21. The van der Waals surface area contributed by atoms with Gasteiger partial charge >= 0.3 is 0 Å². The minimum atomic E-state index is 0.240. The summed E-state index contributed by atoms with van der Waals surface area (Å²) in [6.07, 6.45) is 0. The first-order valence-electron chi connectivity index (χ1n) is 5.54. The maximum absolute atomic E-state index is 8.82.